The maximum atomic E-state index is 9.90. The van der Waals surface area contributed by atoms with E-state index in [2.05, 4.69) is 15.9 Å². The fraction of sp³-hybridized carbons (Fsp3) is 0.538. The molecule has 17 heavy (non-hydrogen) atoms. The van der Waals surface area contributed by atoms with E-state index in [0.29, 0.717) is 13.0 Å². The summed E-state index contributed by atoms with van der Waals surface area (Å²) >= 11 is 3.48. The predicted octanol–water partition coefficient (Wildman–Crippen LogP) is 2.79. The zero-order chi connectivity index (χ0) is 12.7. The number of aliphatic hydroxyl groups is 1. The Bertz CT molecular complexity index is 341. The van der Waals surface area contributed by atoms with Crippen molar-refractivity contribution in [1.29, 1.82) is 0 Å². The van der Waals surface area contributed by atoms with E-state index in [1.807, 2.05) is 18.2 Å². The second-order valence-corrected chi connectivity index (χ2v) is 4.80. The molecule has 1 unspecified atom stereocenters. The maximum absolute atomic E-state index is 9.90. The predicted molar refractivity (Wildman–Crippen MR) is 71.5 cm³/mol. The highest BCUT2D eigenvalue weighted by Gasteiger charge is 2.09. The minimum absolute atomic E-state index is 0.339. The minimum atomic E-state index is -0.339. The molecular formula is C13H19BrO3. The molecule has 1 N–H and O–H groups in total. The molecule has 0 aliphatic carbocycles. The van der Waals surface area contributed by atoms with Gasteiger partial charge in [-0.2, -0.15) is 0 Å². The summed E-state index contributed by atoms with van der Waals surface area (Å²) in [5, 5.41) is 9.90. The average Bonchev–Trinajstić information content (AvgIpc) is 2.32. The molecule has 0 aliphatic rings. The Balaban J connectivity index is 2.54. The number of benzene rings is 1. The summed E-state index contributed by atoms with van der Waals surface area (Å²) in [5.41, 5.74) is 1.06. The second-order valence-electron chi connectivity index (χ2n) is 3.95. The quantitative estimate of drug-likeness (QED) is 0.787. The van der Waals surface area contributed by atoms with Crippen molar-refractivity contribution >= 4 is 15.9 Å². The number of hydrogen-bond donors (Lipinski definition) is 1. The lowest BCUT2D eigenvalue weighted by atomic mass is 10.0. The van der Waals surface area contributed by atoms with Crippen LogP contribution in [-0.2, 0) is 11.2 Å². The molecule has 0 spiro atoms. The molecule has 96 valence electrons. The minimum Gasteiger partial charge on any atom is -0.497 e. The molecule has 0 fully saturated rings. The van der Waals surface area contributed by atoms with Crippen LogP contribution in [0.4, 0.5) is 0 Å². The molecule has 4 heteroatoms. The van der Waals surface area contributed by atoms with Gasteiger partial charge in [0, 0.05) is 18.2 Å². The van der Waals surface area contributed by atoms with Crippen molar-refractivity contribution in [2.45, 2.75) is 25.4 Å². The first-order valence-corrected chi connectivity index (χ1v) is 6.46. The van der Waals surface area contributed by atoms with E-state index >= 15 is 0 Å². The van der Waals surface area contributed by atoms with Gasteiger partial charge < -0.3 is 14.6 Å². The van der Waals surface area contributed by atoms with Crippen molar-refractivity contribution in [2.24, 2.45) is 0 Å². The highest BCUT2D eigenvalue weighted by atomic mass is 79.9. The van der Waals surface area contributed by atoms with E-state index in [4.69, 9.17) is 9.47 Å². The van der Waals surface area contributed by atoms with E-state index in [0.717, 1.165) is 28.6 Å². The largest absolute Gasteiger partial charge is 0.497 e. The molecule has 0 radical (unpaired) electrons. The highest BCUT2D eigenvalue weighted by Crippen LogP contribution is 2.24. The molecule has 0 saturated heterocycles. The fourth-order valence-electron chi connectivity index (χ4n) is 1.65. The summed E-state index contributed by atoms with van der Waals surface area (Å²) in [6, 6.07) is 5.78. The van der Waals surface area contributed by atoms with Gasteiger partial charge in [-0.05, 0) is 43.0 Å². The maximum Gasteiger partial charge on any atom is 0.119 e. The van der Waals surface area contributed by atoms with Crippen LogP contribution in [0.15, 0.2) is 22.7 Å². The number of aliphatic hydroxyl groups excluding tert-OH is 1. The van der Waals surface area contributed by atoms with Gasteiger partial charge in [-0.15, -0.1) is 0 Å². The van der Waals surface area contributed by atoms with E-state index in [9.17, 15) is 5.11 Å². The summed E-state index contributed by atoms with van der Waals surface area (Å²) in [7, 11) is 3.31. The molecule has 0 heterocycles. The molecule has 0 bridgehead atoms. The number of halogens is 1. The Morgan fingerprint density at radius 1 is 1.35 bits per heavy atom. The molecule has 1 aromatic rings. The van der Waals surface area contributed by atoms with Gasteiger partial charge in [0.15, 0.2) is 0 Å². The third-order valence-electron chi connectivity index (χ3n) is 2.59. The standard InChI is InChI=1S/C13H19BrO3/c1-16-7-3-4-11(15)8-10-9-12(17-2)5-6-13(10)14/h5-6,9,11,15H,3-4,7-8H2,1-2H3. The molecule has 0 saturated carbocycles. The van der Waals surface area contributed by atoms with Gasteiger partial charge in [-0.3, -0.25) is 0 Å². The molecule has 1 aromatic carbocycles. The van der Waals surface area contributed by atoms with Crippen LogP contribution in [0.5, 0.6) is 5.75 Å². The van der Waals surface area contributed by atoms with Crippen molar-refractivity contribution in [1.82, 2.24) is 0 Å². The highest BCUT2D eigenvalue weighted by molar-refractivity contribution is 9.10. The molecular weight excluding hydrogens is 284 g/mol. The Kier molecular flexibility index (Phi) is 6.55. The Labute approximate surface area is 111 Å². The Hall–Kier alpha value is -0.580. The topological polar surface area (TPSA) is 38.7 Å². The number of hydrogen-bond acceptors (Lipinski definition) is 3. The second kappa shape index (κ2) is 7.69. The van der Waals surface area contributed by atoms with E-state index in [-0.39, 0.29) is 6.10 Å². The lowest BCUT2D eigenvalue weighted by molar-refractivity contribution is 0.135. The summed E-state index contributed by atoms with van der Waals surface area (Å²) in [5.74, 6) is 0.812. The first-order valence-electron chi connectivity index (χ1n) is 5.66. The molecule has 1 atom stereocenters. The monoisotopic (exact) mass is 302 g/mol. The van der Waals surface area contributed by atoms with Gasteiger partial charge in [0.25, 0.3) is 0 Å². The third-order valence-corrected chi connectivity index (χ3v) is 3.37. The van der Waals surface area contributed by atoms with Gasteiger partial charge >= 0.3 is 0 Å². The van der Waals surface area contributed by atoms with Crippen molar-refractivity contribution in [3.8, 4) is 5.75 Å². The van der Waals surface area contributed by atoms with Crippen LogP contribution in [0.25, 0.3) is 0 Å². The average molecular weight is 303 g/mol. The van der Waals surface area contributed by atoms with Crippen LogP contribution in [0, 0.1) is 0 Å². The number of rotatable bonds is 7. The van der Waals surface area contributed by atoms with Gasteiger partial charge in [0.1, 0.15) is 5.75 Å². The number of ether oxygens (including phenoxy) is 2. The third kappa shape index (κ3) is 5.06. The first-order chi connectivity index (χ1) is 8.17. The van der Waals surface area contributed by atoms with Crippen molar-refractivity contribution < 1.29 is 14.6 Å². The first kappa shape index (κ1) is 14.5. The van der Waals surface area contributed by atoms with Crippen LogP contribution in [0.3, 0.4) is 0 Å². The van der Waals surface area contributed by atoms with Gasteiger partial charge in [-0.1, -0.05) is 15.9 Å². The normalized spacial score (nSPS) is 12.5. The van der Waals surface area contributed by atoms with Crippen molar-refractivity contribution in [3.63, 3.8) is 0 Å². The summed E-state index contributed by atoms with van der Waals surface area (Å²) in [6.45, 7) is 0.691. The van der Waals surface area contributed by atoms with Gasteiger partial charge in [-0.25, -0.2) is 0 Å². The molecule has 0 amide bonds. The fourth-order valence-corrected chi connectivity index (χ4v) is 2.06. The molecule has 1 rings (SSSR count). The Morgan fingerprint density at radius 3 is 2.76 bits per heavy atom. The van der Waals surface area contributed by atoms with Gasteiger partial charge in [0.05, 0.1) is 13.2 Å². The van der Waals surface area contributed by atoms with E-state index in [1.54, 1.807) is 14.2 Å². The van der Waals surface area contributed by atoms with Crippen LogP contribution in [-0.4, -0.2) is 32.0 Å². The SMILES string of the molecule is COCCCC(O)Cc1cc(OC)ccc1Br. The van der Waals surface area contributed by atoms with Crippen LogP contribution >= 0.6 is 15.9 Å². The zero-order valence-electron chi connectivity index (χ0n) is 10.3. The number of methoxy groups -OCH3 is 2. The van der Waals surface area contributed by atoms with E-state index in [1.165, 1.54) is 0 Å². The summed E-state index contributed by atoms with van der Waals surface area (Å²) in [6.07, 6.45) is 1.91. The lowest BCUT2D eigenvalue weighted by Crippen LogP contribution is -2.11. The van der Waals surface area contributed by atoms with Crippen molar-refractivity contribution in [3.05, 3.63) is 28.2 Å². The van der Waals surface area contributed by atoms with Crippen molar-refractivity contribution in [2.75, 3.05) is 20.8 Å². The van der Waals surface area contributed by atoms with E-state index < -0.39 is 0 Å². The molecule has 0 aliphatic heterocycles. The van der Waals surface area contributed by atoms with Gasteiger partial charge in [0.2, 0.25) is 0 Å². The lowest BCUT2D eigenvalue weighted by Gasteiger charge is -2.12. The summed E-state index contributed by atoms with van der Waals surface area (Å²) in [4.78, 5) is 0. The smallest absolute Gasteiger partial charge is 0.119 e. The van der Waals surface area contributed by atoms with Crippen LogP contribution < -0.4 is 4.74 Å². The van der Waals surface area contributed by atoms with Crippen LogP contribution in [0.2, 0.25) is 0 Å². The van der Waals surface area contributed by atoms with Crippen LogP contribution in [0.1, 0.15) is 18.4 Å². The molecule has 0 aromatic heterocycles. The zero-order valence-corrected chi connectivity index (χ0v) is 11.9. The molecule has 3 nitrogen and oxygen atoms in total. The Morgan fingerprint density at radius 2 is 2.12 bits per heavy atom. The summed E-state index contributed by atoms with van der Waals surface area (Å²) < 4.78 is 11.1.